The zero-order chi connectivity index (χ0) is 33.4. The molecule has 9 heteroatoms. The average molecular weight is 672 g/mol. The lowest BCUT2D eigenvalue weighted by Crippen LogP contribution is -2.55. The Labute approximate surface area is 283 Å². The van der Waals surface area contributed by atoms with E-state index in [1.54, 1.807) is 35.2 Å². The van der Waals surface area contributed by atoms with E-state index in [1.807, 2.05) is 68.4 Å². The minimum absolute atomic E-state index is 0.0373. The second-order valence-electron chi connectivity index (χ2n) is 12.4. The van der Waals surface area contributed by atoms with Gasteiger partial charge in [-0.25, -0.2) is 8.42 Å². The average Bonchev–Trinajstić information content (AvgIpc) is 3.06. The number of amides is 2. The summed E-state index contributed by atoms with van der Waals surface area (Å²) in [5.74, 6) is -0.737. The summed E-state index contributed by atoms with van der Waals surface area (Å²) >= 11 is 6.33. The van der Waals surface area contributed by atoms with Gasteiger partial charge in [-0.1, -0.05) is 115 Å². The zero-order valence-corrected chi connectivity index (χ0v) is 28.5. The van der Waals surface area contributed by atoms with Crippen LogP contribution in [0.3, 0.4) is 0 Å². The van der Waals surface area contributed by atoms with Crippen LogP contribution >= 0.6 is 11.6 Å². The number of carbonyl (C=O) groups excluding carboxylic acids is 2. The third-order valence-corrected chi connectivity index (χ3v) is 10.7. The first-order chi connectivity index (χ1) is 22.6. The van der Waals surface area contributed by atoms with E-state index in [-0.39, 0.29) is 35.5 Å². The number of aryl methyl sites for hydroxylation is 2. The second kappa shape index (κ2) is 15.6. The number of anilines is 1. The molecule has 1 aliphatic carbocycles. The molecule has 0 unspecified atom stereocenters. The molecule has 4 aromatic carbocycles. The summed E-state index contributed by atoms with van der Waals surface area (Å²) in [7, 11) is -4.20. The molecular weight excluding hydrogens is 630 g/mol. The van der Waals surface area contributed by atoms with Gasteiger partial charge in [-0.2, -0.15) is 0 Å². The maximum absolute atomic E-state index is 14.7. The van der Waals surface area contributed by atoms with Crippen molar-refractivity contribution in [1.29, 1.82) is 0 Å². The summed E-state index contributed by atoms with van der Waals surface area (Å²) in [5, 5.41) is 3.58. The molecule has 7 nitrogen and oxygen atoms in total. The number of benzene rings is 4. The Hall–Kier alpha value is -4.14. The highest BCUT2D eigenvalue weighted by Gasteiger charge is 2.35. The van der Waals surface area contributed by atoms with Crippen molar-refractivity contribution in [2.75, 3.05) is 10.8 Å². The topological polar surface area (TPSA) is 86.8 Å². The van der Waals surface area contributed by atoms with Crippen molar-refractivity contribution in [2.45, 2.75) is 75.9 Å². The predicted octanol–water partition coefficient (Wildman–Crippen LogP) is 7.24. The molecule has 2 amide bonds. The van der Waals surface area contributed by atoms with E-state index in [9.17, 15) is 18.0 Å². The summed E-state index contributed by atoms with van der Waals surface area (Å²) in [6.07, 6.45) is 5.31. The van der Waals surface area contributed by atoms with Crippen LogP contribution in [0.2, 0.25) is 5.02 Å². The predicted molar refractivity (Wildman–Crippen MR) is 188 cm³/mol. The molecule has 0 heterocycles. The summed E-state index contributed by atoms with van der Waals surface area (Å²) in [6, 6.07) is 29.5. The second-order valence-corrected chi connectivity index (χ2v) is 14.7. The molecule has 0 spiro atoms. The number of halogens is 1. The SMILES string of the molecule is Cc1ccc(S(=O)(=O)N(CC(=O)N(Cc2cccc(C)c2)[C@H](Cc2ccccc2)C(=O)NC2CCCCC2)c2cccc(Cl)c2)cc1. The first kappa shape index (κ1) is 34.2. The molecule has 1 aliphatic rings. The Kier molecular flexibility index (Phi) is 11.4. The largest absolute Gasteiger partial charge is 0.352 e. The van der Waals surface area contributed by atoms with Crippen molar-refractivity contribution in [2.24, 2.45) is 0 Å². The molecule has 0 aromatic heterocycles. The molecule has 4 aromatic rings. The molecular formula is C38H42ClN3O4S. The highest BCUT2D eigenvalue weighted by atomic mass is 35.5. The molecule has 47 heavy (non-hydrogen) atoms. The Morgan fingerprint density at radius 2 is 1.49 bits per heavy atom. The first-order valence-electron chi connectivity index (χ1n) is 16.1. The summed E-state index contributed by atoms with van der Waals surface area (Å²) in [6.45, 7) is 3.46. The van der Waals surface area contributed by atoms with Crippen LogP contribution in [0.5, 0.6) is 0 Å². The quantitative estimate of drug-likeness (QED) is 0.172. The normalized spacial score (nSPS) is 14.3. The monoisotopic (exact) mass is 671 g/mol. The van der Waals surface area contributed by atoms with E-state index in [2.05, 4.69) is 5.32 Å². The lowest BCUT2D eigenvalue weighted by atomic mass is 9.94. The highest BCUT2D eigenvalue weighted by Crippen LogP contribution is 2.28. The van der Waals surface area contributed by atoms with Gasteiger partial charge in [0.25, 0.3) is 10.0 Å². The molecule has 5 rings (SSSR count). The van der Waals surface area contributed by atoms with Crippen LogP contribution in [0.15, 0.2) is 108 Å². The van der Waals surface area contributed by atoms with Crippen molar-refractivity contribution < 1.29 is 18.0 Å². The molecule has 1 atom stereocenters. The fourth-order valence-electron chi connectivity index (χ4n) is 6.10. The Morgan fingerprint density at radius 3 is 2.17 bits per heavy atom. The number of nitrogens with zero attached hydrogens (tertiary/aromatic N) is 2. The van der Waals surface area contributed by atoms with Gasteiger partial charge in [-0.05, 0) is 68.1 Å². The van der Waals surface area contributed by atoms with E-state index >= 15 is 0 Å². The number of hydrogen-bond acceptors (Lipinski definition) is 4. The summed E-state index contributed by atoms with van der Waals surface area (Å²) in [5.41, 5.74) is 3.93. The Morgan fingerprint density at radius 1 is 0.809 bits per heavy atom. The number of nitrogens with one attached hydrogen (secondary N) is 1. The molecule has 1 saturated carbocycles. The van der Waals surface area contributed by atoms with E-state index in [0.717, 1.165) is 58.7 Å². The maximum Gasteiger partial charge on any atom is 0.264 e. The van der Waals surface area contributed by atoms with Gasteiger partial charge in [0.05, 0.1) is 10.6 Å². The van der Waals surface area contributed by atoms with Crippen LogP contribution in [0.25, 0.3) is 0 Å². The number of carbonyl (C=O) groups is 2. The van der Waals surface area contributed by atoms with Crippen LogP contribution in [0, 0.1) is 13.8 Å². The fraction of sp³-hybridized carbons (Fsp3) is 0.316. The third-order valence-electron chi connectivity index (χ3n) is 8.64. The lowest BCUT2D eigenvalue weighted by Gasteiger charge is -2.35. The van der Waals surface area contributed by atoms with Gasteiger partial charge in [0.1, 0.15) is 12.6 Å². The highest BCUT2D eigenvalue weighted by molar-refractivity contribution is 7.92. The fourth-order valence-corrected chi connectivity index (χ4v) is 7.69. The molecule has 0 bridgehead atoms. The van der Waals surface area contributed by atoms with E-state index in [1.165, 1.54) is 18.2 Å². The van der Waals surface area contributed by atoms with Crippen molar-refractivity contribution >= 4 is 39.1 Å². The van der Waals surface area contributed by atoms with Crippen molar-refractivity contribution in [3.63, 3.8) is 0 Å². The van der Waals surface area contributed by atoms with Gasteiger partial charge in [0, 0.05) is 24.0 Å². The molecule has 0 aliphatic heterocycles. The zero-order valence-electron chi connectivity index (χ0n) is 26.9. The first-order valence-corrected chi connectivity index (χ1v) is 18.0. The molecule has 0 saturated heterocycles. The Bertz CT molecular complexity index is 1770. The lowest BCUT2D eigenvalue weighted by molar-refractivity contribution is -0.140. The number of sulfonamides is 1. The molecule has 246 valence electrons. The van der Waals surface area contributed by atoms with Crippen LogP contribution in [0.4, 0.5) is 5.69 Å². The van der Waals surface area contributed by atoms with Gasteiger partial charge < -0.3 is 10.2 Å². The van der Waals surface area contributed by atoms with E-state index in [4.69, 9.17) is 11.6 Å². The summed E-state index contributed by atoms with van der Waals surface area (Å²) in [4.78, 5) is 30.5. The molecule has 1 fully saturated rings. The van der Waals surface area contributed by atoms with Crippen molar-refractivity contribution in [3.05, 3.63) is 130 Å². The van der Waals surface area contributed by atoms with Crippen LogP contribution in [-0.4, -0.2) is 43.8 Å². The van der Waals surface area contributed by atoms with Gasteiger partial charge in [-0.3, -0.25) is 13.9 Å². The maximum atomic E-state index is 14.7. The van der Waals surface area contributed by atoms with Gasteiger partial charge in [0.15, 0.2) is 0 Å². The van der Waals surface area contributed by atoms with Crippen LogP contribution in [0.1, 0.15) is 54.4 Å². The summed E-state index contributed by atoms with van der Waals surface area (Å²) < 4.78 is 29.5. The van der Waals surface area contributed by atoms with Crippen molar-refractivity contribution in [3.8, 4) is 0 Å². The number of rotatable bonds is 12. The number of hydrogen-bond donors (Lipinski definition) is 1. The van der Waals surface area contributed by atoms with E-state index < -0.39 is 28.5 Å². The van der Waals surface area contributed by atoms with Gasteiger partial charge >= 0.3 is 0 Å². The van der Waals surface area contributed by atoms with Crippen LogP contribution < -0.4 is 9.62 Å². The van der Waals surface area contributed by atoms with Gasteiger partial charge in [-0.15, -0.1) is 0 Å². The minimum atomic E-state index is -4.20. The van der Waals surface area contributed by atoms with E-state index in [0.29, 0.717) is 5.02 Å². The molecule has 0 radical (unpaired) electrons. The molecule has 1 N–H and O–H groups in total. The third kappa shape index (κ3) is 9.02. The Balaban J connectivity index is 1.56. The minimum Gasteiger partial charge on any atom is -0.352 e. The van der Waals surface area contributed by atoms with Gasteiger partial charge in [0.2, 0.25) is 11.8 Å². The van der Waals surface area contributed by atoms with Crippen LogP contribution in [-0.2, 0) is 32.6 Å². The van der Waals surface area contributed by atoms with Crippen molar-refractivity contribution in [1.82, 2.24) is 10.2 Å². The smallest absolute Gasteiger partial charge is 0.264 e. The standard InChI is InChI=1S/C38H42ClN3O4S/c1-28-19-21-35(22-20-28)47(45,46)42(34-18-10-15-32(39)25-34)27-37(43)41(26-31-14-9-11-29(2)23-31)36(24-30-12-5-3-6-13-30)38(44)40-33-16-7-4-8-17-33/h3,5-6,9-15,18-23,25,33,36H,4,7-8,16-17,24,26-27H2,1-2H3,(H,40,44)/t36-/m1/s1.